The molecule has 3 aromatic rings. The largest absolute Gasteiger partial charge is 0.545 e. The van der Waals surface area contributed by atoms with Crippen molar-refractivity contribution in [2.45, 2.75) is 19.0 Å². The third-order valence-electron chi connectivity index (χ3n) is 4.66. The number of nitrogens with zero attached hydrogens (tertiary/aromatic N) is 3. The van der Waals surface area contributed by atoms with Crippen LogP contribution in [0.3, 0.4) is 0 Å². The molecule has 0 unspecified atom stereocenters. The highest BCUT2D eigenvalue weighted by Crippen LogP contribution is 2.37. The molecular weight excluding hydrogens is 447 g/mol. The highest BCUT2D eigenvalue weighted by molar-refractivity contribution is 8.04. The maximum atomic E-state index is 14.5. The van der Waals surface area contributed by atoms with Gasteiger partial charge in [0.05, 0.1) is 11.7 Å². The van der Waals surface area contributed by atoms with Crippen molar-refractivity contribution in [2.75, 3.05) is 10.2 Å². The summed E-state index contributed by atoms with van der Waals surface area (Å²) in [6, 6.07) is 12.8. The number of hydrogen-bond donors (Lipinski definition) is 1. The van der Waals surface area contributed by atoms with Crippen molar-refractivity contribution in [2.24, 2.45) is 0 Å². The van der Waals surface area contributed by atoms with Crippen molar-refractivity contribution in [1.82, 2.24) is 9.97 Å². The van der Waals surface area contributed by atoms with E-state index in [-0.39, 0.29) is 32.7 Å². The molecule has 2 amide bonds. The molecule has 1 aliphatic heterocycles. The number of carbonyl (C=O) groups is 3. The van der Waals surface area contributed by atoms with Crippen molar-refractivity contribution in [3.05, 3.63) is 88.0 Å². The number of hydrogen-bond acceptors (Lipinski definition) is 8. The molecule has 0 saturated carbocycles. The zero-order chi connectivity index (χ0) is 23.7. The molecule has 0 spiro atoms. The number of benzene rings is 2. The van der Waals surface area contributed by atoms with Gasteiger partial charge in [-0.15, -0.1) is 0 Å². The van der Waals surface area contributed by atoms with Crippen LogP contribution in [0, 0.1) is 19.7 Å². The van der Waals surface area contributed by atoms with Gasteiger partial charge in [-0.25, -0.2) is 19.3 Å². The number of carboxylic acid groups (broad SMARTS) is 1. The van der Waals surface area contributed by atoms with E-state index in [1.807, 2.05) is 0 Å². The van der Waals surface area contributed by atoms with Crippen LogP contribution in [0.4, 0.5) is 15.8 Å². The van der Waals surface area contributed by atoms with Gasteiger partial charge in [0.1, 0.15) is 16.4 Å². The van der Waals surface area contributed by atoms with E-state index in [1.54, 1.807) is 19.9 Å². The van der Waals surface area contributed by atoms with Gasteiger partial charge in [-0.2, -0.15) is 0 Å². The second-order valence-electron chi connectivity index (χ2n) is 7.13. The number of aryl methyl sites for hydroxylation is 2. The molecule has 10 heteroatoms. The number of aromatic carboxylic acids is 1. The summed E-state index contributed by atoms with van der Waals surface area (Å²) in [6.07, 6.45) is 0. The minimum atomic E-state index is -1.40. The number of carbonyl (C=O) groups excluding carboxylic acids is 3. The van der Waals surface area contributed by atoms with Crippen molar-refractivity contribution in [3.8, 4) is 0 Å². The molecule has 4 rings (SSSR count). The first-order chi connectivity index (χ1) is 15.7. The predicted octanol–water partition coefficient (Wildman–Crippen LogP) is 2.59. The molecule has 0 radical (unpaired) electrons. The van der Waals surface area contributed by atoms with E-state index in [1.165, 1.54) is 42.5 Å². The summed E-state index contributed by atoms with van der Waals surface area (Å²) >= 11 is 0.865. The Morgan fingerprint density at radius 1 is 1.00 bits per heavy atom. The van der Waals surface area contributed by atoms with E-state index in [2.05, 4.69) is 15.3 Å². The summed E-state index contributed by atoms with van der Waals surface area (Å²) in [5, 5.41) is 14.3. The Balaban J connectivity index is 1.79. The molecule has 1 aromatic heterocycles. The lowest BCUT2D eigenvalue weighted by Gasteiger charge is -2.16. The van der Waals surface area contributed by atoms with Gasteiger partial charge in [0, 0.05) is 17.1 Å². The molecule has 8 nitrogen and oxygen atoms in total. The molecule has 0 atom stereocenters. The fraction of sp³-hybridized carbons (Fsp3) is 0.0870. The molecule has 0 bridgehead atoms. The minimum absolute atomic E-state index is 0.0490. The molecule has 1 N–H and O–H groups in total. The number of amides is 2. The zero-order valence-electron chi connectivity index (χ0n) is 17.5. The quantitative estimate of drug-likeness (QED) is 0.438. The average molecular weight is 463 g/mol. The average Bonchev–Trinajstić information content (AvgIpc) is 2.98. The van der Waals surface area contributed by atoms with E-state index in [9.17, 15) is 23.9 Å². The van der Waals surface area contributed by atoms with Crippen LogP contribution < -0.4 is 15.3 Å². The first kappa shape index (κ1) is 22.2. The normalized spacial score (nSPS) is 13.6. The van der Waals surface area contributed by atoms with Crippen LogP contribution in [0.1, 0.15) is 21.7 Å². The number of carboxylic acids is 1. The molecule has 2 aromatic carbocycles. The highest BCUT2D eigenvalue weighted by atomic mass is 32.2. The second kappa shape index (κ2) is 8.83. The van der Waals surface area contributed by atoms with Crippen molar-refractivity contribution < 1.29 is 23.9 Å². The zero-order valence-corrected chi connectivity index (χ0v) is 18.3. The van der Waals surface area contributed by atoms with Gasteiger partial charge in [-0.3, -0.25) is 9.59 Å². The van der Waals surface area contributed by atoms with Gasteiger partial charge in [0.25, 0.3) is 11.8 Å². The van der Waals surface area contributed by atoms with Crippen LogP contribution in [-0.4, -0.2) is 27.8 Å². The third-order valence-corrected chi connectivity index (χ3v) is 5.61. The van der Waals surface area contributed by atoms with Crippen LogP contribution in [0.2, 0.25) is 0 Å². The number of halogens is 1. The van der Waals surface area contributed by atoms with Crippen molar-refractivity contribution in [1.29, 1.82) is 0 Å². The standard InChI is InChI=1S/C23H17FN4O4S/c1-12-10-13(2)26-23(25-12)33-19-18(27-15-7-5-6-14(11-15)22(31)32)20(29)28(21(19)30)17-9-4-3-8-16(17)24/h3-11,27H,1-2H3,(H,31,32)/p-1. The third kappa shape index (κ3) is 4.46. The summed E-state index contributed by atoms with van der Waals surface area (Å²) in [4.78, 5) is 47.0. The van der Waals surface area contributed by atoms with Gasteiger partial charge in [0.2, 0.25) is 0 Å². The molecule has 2 heterocycles. The number of thioether (sulfide) groups is 1. The summed E-state index contributed by atoms with van der Waals surface area (Å²) in [6.45, 7) is 3.54. The van der Waals surface area contributed by atoms with Crippen LogP contribution >= 0.6 is 11.8 Å². The van der Waals surface area contributed by atoms with E-state index < -0.39 is 23.6 Å². The van der Waals surface area contributed by atoms with Gasteiger partial charge in [0.15, 0.2) is 5.16 Å². The Morgan fingerprint density at radius 2 is 1.70 bits per heavy atom. The van der Waals surface area contributed by atoms with E-state index in [0.717, 1.165) is 22.7 Å². The van der Waals surface area contributed by atoms with Crippen molar-refractivity contribution >= 4 is 40.9 Å². The monoisotopic (exact) mass is 463 g/mol. The Hall–Kier alpha value is -4.05. The summed E-state index contributed by atoms with van der Waals surface area (Å²) in [7, 11) is 0. The van der Waals surface area contributed by atoms with E-state index in [0.29, 0.717) is 11.4 Å². The lowest BCUT2D eigenvalue weighted by molar-refractivity contribution is -0.255. The molecule has 33 heavy (non-hydrogen) atoms. The fourth-order valence-corrected chi connectivity index (χ4v) is 4.25. The van der Waals surface area contributed by atoms with Crippen LogP contribution in [-0.2, 0) is 9.59 Å². The molecular formula is C23H16FN4O4S-. The molecule has 166 valence electrons. The second-order valence-corrected chi connectivity index (χ2v) is 8.11. The van der Waals surface area contributed by atoms with Gasteiger partial charge < -0.3 is 15.2 Å². The van der Waals surface area contributed by atoms with Crippen LogP contribution in [0.15, 0.2) is 70.4 Å². The summed E-state index contributed by atoms with van der Waals surface area (Å²) in [5.41, 5.74) is 1.12. The highest BCUT2D eigenvalue weighted by Gasteiger charge is 2.41. The smallest absolute Gasteiger partial charge is 0.283 e. The number of rotatable bonds is 6. The first-order valence-corrected chi connectivity index (χ1v) is 10.5. The lowest BCUT2D eigenvalue weighted by atomic mass is 10.2. The molecule has 0 aliphatic carbocycles. The Bertz CT molecular complexity index is 1320. The number of aromatic nitrogens is 2. The maximum absolute atomic E-state index is 14.5. The number of imide groups is 1. The Labute approximate surface area is 192 Å². The number of anilines is 2. The SMILES string of the molecule is Cc1cc(C)nc(SC2=C(Nc3cccc(C(=O)[O-])c3)C(=O)N(c3ccccc3F)C2=O)n1. The minimum Gasteiger partial charge on any atom is -0.545 e. The molecule has 0 saturated heterocycles. The number of para-hydroxylation sites is 1. The lowest BCUT2D eigenvalue weighted by Crippen LogP contribution is -2.33. The fourth-order valence-electron chi connectivity index (χ4n) is 3.27. The van der Waals surface area contributed by atoms with Gasteiger partial charge in [-0.1, -0.05) is 24.3 Å². The summed E-state index contributed by atoms with van der Waals surface area (Å²) in [5.74, 6) is -3.69. The summed E-state index contributed by atoms with van der Waals surface area (Å²) < 4.78 is 14.5. The molecule has 1 aliphatic rings. The maximum Gasteiger partial charge on any atom is 0.283 e. The van der Waals surface area contributed by atoms with Gasteiger partial charge in [-0.05, 0) is 61.5 Å². The Morgan fingerprint density at radius 3 is 2.36 bits per heavy atom. The predicted molar refractivity (Wildman–Crippen MR) is 118 cm³/mol. The number of nitrogens with one attached hydrogen (secondary N) is 1. The topological polar surface area (TPSA) is 115 Å². The van der Waals surface area contributed by atoms with Crippen molar-refractivity contribution in [3.63, 3.8) is 0 Å². The van der Waals surface area contributed by atoms with Crippen LogP contribution in [0.25, 0.3) is 0 Å². The van der Waals surface area contributed by atoms with E-state index >= 15 is 0 Å². The Kier molecular flexibility index (Phi) is 5.93. The molecule has 0 fully saturated rings. The van der Waals surface area contributed by atoms with Gasteiger partial charge >= 0.3 is 0 Å². The first-order valence-electron chi connectivity index (χ1n) is 9.71. The van der Waals surface area contributed by atoms with Crippen LogP contribution in [0.5, 0.6) is 0 Å². The van der Waals surface area contributed by atoms with E-state index in [4.69, 9.17) is 0 Å².